The molecule has 5 heteroatoms. The van der Waals surface area contributed by atoms with Crippen LogP contribution >= 0.6 is 22.3 Å². The van der Waals surface area contributed by atoms with E-state index in [1.807, 2.05) is 19.9 Å². The van der Waals surface area contributed by atoms with Crippen LogP contribution in [0.15, 0.2) is 18.2 Å². The molecule has 0 aromatic heterocycles. The monoisotopic (exact) mass is 266 g/mol. The summed E-state index contributed by atoms with van der Waals surface area (Å²) >= 11 is 5.81. The molecule has 15 heavy (non-hydrogen) atoms. The van der Waals surface area contributed by atoms with Crippen LogP contribution in [0.4, 0.5) is 0 Å². The first kappa shape index (κ1) is 12.8. The van der Waals surface area contributed by atoms with Crippen molar-refractivity contribution in [1.29, 1.82) is 0 Å². The van der Waals surface area contributed by atoms with Crippen LogP contribution in [-0.4, -0.2) is 8.42 Å². The van der Waals surface area contributed by atoms with E-state index in [0.29, 0.717) is 10.6 Å². The van der Waals surface area contributed by atoms with Crippen LogP contribution in [0.5, 0.6) is 0 Å². The van der Waals surface area contributed by atoms with Gasteiger partial charge in [-0.05, 0) is 29.2 Å². The minimum absolute atomic E-state index is 0.178. The van der Waals surface area contributed by atoms with Crippen LogP contribution < -0.4 is 0 Å². The fourth-order valence-corrected chi connectivity index (χ4v) is 2.62. The lowest BCUT2D eigenvalue weighted by Crippen LogP contribution is -2.01. The lowest BCUT2D eigenvalue weighted by atomic mass is 9.98. The number of hydrogen-bond donors (Lipinski definition) is 0. The smallest absolute Gasteiger partial charge is 0.212 e. The molecule has 1 rings (SSSR count). The lowest BCUT2D eigenvalue weighted by molar-refractivity contribution is 0.608. The molecule has 0 aliphatic carbocycles. The topological polar surface area (TPSA) is 34.1 Å². The minimum Gasteiger partial charge on any atom is -0.212 e. The van der Waals surface area contributed by atoms with E-state index in [1.165, 1.54) is 0 Å². The van der Waals surface area contributed by atoms with Gasteiger partial charge in [-0.3, -0.25) is 0 Å². The zero-order valence-corrected chi connectivity index (χ0v) is 10.8. The Morgan fingerprint density at radius 1 is 1.33 bits per heavy atom. The summed E-state index contributed by atoms with van der Waals surface area (Å²) in [6.07, 6.45) is 0. The Morgan fingerprint density at radius 2 is 1.93 bits per heavy atom. The fourth-order valence-electron chi connectivity index (χ4n) is 1.45. The Kier molecular flexibility index (Phi) is 4.04. The van der Waals surface area contributed by atoms with Crippen LogP contribution in [0.25, 0.3) is 0 Å². The van der Waals surface area contributed by atoms with E-state index in [9.17, 15) is 8.42 Å². The summed E-state index contributed by atoms with van der Waals surface area (Å²) in [5, 5.41) is 0.523. The van der Waals surface area contributed by atoms with Crippen molar-refractivity contribution in [1.82, 2.24) is 0 Å². The van der Waals surface area contributed by atoms with Crippen molar-refractivity contribution in [3.63, 3.8) is 0 Å². The van der Waals surface area contributed by atoms with Crippen molar-refractivity contribution in [2.45, 2.75) is 25.5 Å². The van der Waals surface area contributed by atoms with Crippen molar-refractivity contribution in [3.05, 3.63) is 34.3 Å². The Labute approximate surface area is 99.6 Å². The van der Waals surface area contributed by atoms with Gasteiger partial charge in [0.2, 0.25) is 9.05 Å². The molecule has 0 amide bonds. The second kappa shape index (κ2) is 4.73. The van der Waals surface area contributed by atoms with Crippen LogP contribution in [-0.2, 0) is 14.8 Å². The predicted octanol–water partition coefficient (Wildman–Crippen LogP) is 3.53. The van der Waals surface area contributed by atoms with Crippen molar-refractivity contribution < 1.29 is 8.42 Å². The van der Waals surface area contributed by atoms with Crippen LogP contribution in [0.2, 0.25) is 5.02 Å². The van der Waals surface area contributed by atoms with E-state index < -0.39 is 9.05 Å². The summed E-state index contributed by atoms with van der Waals surface area (Å²) in [4.78, 5) is 0. The highest BCUT2D eigenvalue weighted by Crippen LogP contribution is 2.25. The Hall–Kier alpha value is -0.250. The standard InChI is InChI=1S/C10H12Cl2O2S/c1-7(2)10-4-3-9(11)5-8(10)6-15(12,13)14/h3-5,7H,6H2,1-2H3. The molecule has 0 spiro atoms. The van der Waals surface area contributed by atoms with Crippen LogP contribution in [0, 0.1) is 0 Å². The number of hydrogen-bond acceptors (Lipinski definition) is 2. The molecule has 0 aliphatic rings. The van der Waals surface area contributed by atoms with E-state index in [0.717, 1.165) is 5.56 Å². The van der Waals surface area contributed by atoms with Crippen molar-refractivity contribution in [3.8, 4) is 0 Å². The highest BCUT2D eigenvalue weighted by molar-refractivity contribution is 8.13. The third-order valence-electron chi connectivity index (χ3n) is 2.05. The van der Waals surface area contributed by atoms with Gasteiger partial charge in [0, 0.05) is 15.7 Å². The molecule has 84 valence electrons. The maximum atomic E-state index is 11.0. The summed E-state index contributed by atoms with van der Waals surface area (Å²) in [7, 11) is 1.69. The van der Waals surface area contributed by atoms with Crippen molar-refractivity contribution in [2.75, 3.05) is 0 Å². The molecule has 0 saturated carbocycles. The second-order valence-electron chi connectivity index (χ2n) is 3.68. The molecule has 1 aromatic carbocycles. The minimum atomic E-state index is -3.54. The molecule has 0 N–H and O–H groups in total. The first-order valence-corrected chi connectivity index (χ1v) is 7.36. The first-order valence-electron chi connectivity index (χ1n) is 4.50. The van der Waals surface area contributed by atoms with Gasteiger partial charge >= 0.3 is 0 Å². The van der Waals surface area contributed by atoms with Gasteiger partial charge in [0.25, 0.3) is 0 Å². The summed E-state index contributed by atoms with van der Waals surface area (Å²) in [5.41, 5.74) is 1.64. The van der Waals surface area contributed by atoms with Gasteiger partial charge in [-0.2, -0.15) is 0 Å². The SMILES string of the molecule is CC(C)c1ccc(Cl)cc1CS(=O)(=O)Cl. The number of benzene rings is 1. The van der Waals surface area contributed by atoms with E-state index in [4.69, 9.17) is 22.3 Å². The fraction of sp³-hybridized carbons (Fsp3) is 0.400. The van der Waals surface area contributed by atoms with Crippen LogP contribution in [0.1, 0.15) is 30.9 Å². The molecular formula is C10H12Cl2O2S. The molecule has 0 atom stereocenters. The Balaban J connectivity index is 3.19. The van der Waals surface area contributed by atoms with E-state index in [-0.39, 0.29) is 11.7 Å². The van der Waals surface area contributed by atoms with E-state index in [1.54, 1.807) is 12.1 Å². The van der Waals surface area contributed by atoms with Gasteiger partial charge in [0.1, 0.15) is 0 Å². The van der Waals surface area contributed by atoms with Crippen molar-refractivity contribution in [2.24, 2.45) is 0 Å². The zero-order valence-electron chi connectivity index (χ0n) is 8.50. The molecule has 0 saturated heterocycles. The summed E-state index contributed by atoms with van der Waals surface area (Å²) in [6.45, 7) is 3.99. The van der Waals surface area contributed by atoms with Gasteiger partial charge in [0.15, 0.2) is 0 Å². The average molecular weight is 267 g/mol. The molecule has 0 unspecified atom stereocenters. The van der Waals surface area contributed by atoms with Gasteiger partial charge in [-0.1, -0.05) is 31.5 Å². The van der Waals surface area contributed by atoms with Gasteiger partial charge in [-0.25, -0.2) is 8.42 Å². The Bertz CT molecular complexity index is 452. The molecule has 1 aromatic rings. The maximum absolute atomic E-state index is 11.0. The molecular weight excluding hydrogens is 255 g/mol. The Morgan fingerprint density at radius 3 is 2.40 bits per heavy atom. The maximum Gasteiger partial charge on any atom is 0.236 e. The quantitative estimate of drug-likeness (QED) is 0.785. The van der Waals surface area contributed by atoms with E-state index in [2.05, 4.69) is 0 Å². The lowest BCUT2D eigenvalue weighted by Gasteiger charge is -2.11. The highest BCUT2D eigenvalue weighted by Gasteiger charge is 2.13. The number of halogens is 2. The summed E-state index contributed by atoms with van der Waals surface area (Å²) in [5.74, 6) is 0.0681. The normalized spacial score (nSPS) is 12.1. The van der Waals surface area contributed by atoms with Gasteiger partial charge < -0.3 is 0 Å². The number of rotatable bonds is 3. The third-order valence-corrected chi connectivity index (χ3v) is 3.27. The summed E-state index contributed by atoms with van der Waals surface area (Å²) in [6, 6.07) is 5.24. The highest BCUT2D eigenvalue weighted by atomic mass is 35.7. The molecule has 0 bridgehead atoms. The largest absolute Gasteiger partial charge is 0.236 e. The predicted molar refractivity (Wildman–Crippen MR) is 64.0 cm³/mol. The van der Waals surface area contributed by atoms with Gasteiger partial charge in [0.05, 0.1) is 5.75 Å². The molecule has 2 nitrogen and oxygen atoms in total. The zero-order chi connectivity index (χ0) is 11.6. The molecule has 0 fully saturated rings. The van der Waals surface area contributed by atoms with Gasteiger partial charge in [-0.15, -0.1) is 0 Å². The first-order chi connectivity index (χ1) is 6.79. The molecule has 0 radical (unpaired) electrons. The third kappa shape index (κ3) is 4.01. The van der Waals surface area contributed by atoms with Crippen molar-refractivity contribution >= 4 is 31.3 Å². The summed E-state index contributed by atoms with van der Waals surface area (Å²) < 4.78 is 22.0. The molecule has 0 aliphatic heterocycles. The molecule has 0 heterocycles. The van der Waals surface area contributed by atoms with Crippen LogP contribution in [0.3, 0.4) is 0 Å². The average Bonchev–Trinajstić information content (AvgIpc) is 1.99. The second-order valence-corrected chi connectivity index (χ2v) is 6.89. The van der Waals surface area contributed by atoms with E-state index >= 15 is 0 Å².